The van der Waals surface area contributed by atoms with Gasteiger partial charge in [-0.15, -0.1) is 0 Å². The van der Waals surface area contributed by atoms with E-state index in [4.69, 9.17) is 5.73 Å². The van der Waals surface area contributed by atoms with E-state index in [0.717, 1.165) is 0 Å². The lowest BCUT2D eigenvalue weighted by Crippen LogP contribution is -2.28. The van der Waals surface area contributed by atoms with E-state index in [2.05, 4.69) is 20.9 Å². The van der Waals surface area contributed by atoms with Crippen LogP contribution in [0, 0.1) is 5.92 Å². The van der Waals surface area contributed by atoms with E-state index >= 15 is 0 Å². The van der Waals surface area contributed by atoms with E-state index in [1.54, 1.807) is 18.3 Å². The SMILES string of the molecule is NC(=O)C1CC(=O)N(c2cccnc2Br)C1. The topological polar surface area (TPSA) is 76.3 Å². The van der Waals surface area contributed by atoms with Gasteiger partial charge in [-0.05, 0) is 28.1 Å². The molecule has 2 amide bonds. The predicted molar refractivity (Wildman–Crippen MR) is 61.6 cm³/mol. The molecule has 1 aromatic heterocycles. The van der Waals surface area contributed by atoms with Crippen LogP contribution in [0.1, 0.15) is 6.42 Å². The van der Waals surface area contributed by atoms with Crippen molar-refractivity contribution < 1.29 is 9.59 Å². The first kappa shape index (κ1) is 11.1. The number of nitrogens with two attached hydrogens (primary N) is 1. The highest BCUT2D eigenvalue weighted by Gasteiger charge is 2.34. The van der Waals surface area contributed by atoms with Gasteiger partial charge in [-0.2, -0.15) is 0 Å². The molecule has 1 aliphatic heterocycles. The van der Waals surface area contributed by atoms with Crippen LogP contribution in [0.2, 0.25) is 0 Å². The molecule has 5 nitrogen and oxygen atoms in total. The largest absolute Gasteiger partial charge is 0.369 e. The average Bonchev–Trinajstić information content (AvgIpc) is 2.61. The zero-order valence-electron chi connectivity index (χ0n) is 8.39. The minimum absolute atomic E-state index is 0.0995. The molecule has 1 fully saturated rings. The molecule has 0 aromatic carbocycles. The Kier molecular flexibility index (Phi) is 2.91. The van der Waals surface area contributed by atoms with Crippen LogP contribution < -0.4 is 10.6 Å². The van der Waals surface area contributed by atoms with Crippen LogP contribution in [0.4, 0.5) is 5.69 Å². The Balaban J connectivity index is 2.27. The number of pyridine rings is 1. The van der Waals surface area contributed by atoms with Crippen LogP contribution >= 0.6 is 15.9 Å². The van der Waals surface area contributed by atoms with E-state index in [1.807, 2.05) is 0 Å². The quantitative estimate of drug-likeness (QED) is 0.811. The fourth-order valence-corrected chi connectivity index (χ4v) is 2.17. The van der Waals surface area contributed by atoms with Crippen LogP contribution in [0.3, 0.4) is 0 Å². The molecule has 2 heterocycles. The van der Waals surface area contributed by atoms with E-state index in [0.29, 0.717) is 16.8 Å². The van der Waals surface area contributed by atoms with Crippen molar-refractivity contribution in [1.82, 2.24) is 4.98 Å². The molecule has 6 heteroatoms. The summed E-state index contributed by atoms with van der Waals surface area (Å²) in [6.45, 7) is 0.332. The molecule has 1 aliphatic rings. The molecule has 0 radical (unpaired) electrons. The molecule has 1 atom stereocenters. The minimum atomic E-state index is -0.434. The van der Waals surface area contributed by atoms with E-state index in [1.165, 1.54) is 4.90 Å². The van der Waals surface area contributed by atoms with Crippen molar-refractivity contribution in [2.24, 2.45) is 11.7 Å². The van der Waals surface area contributed by atoms with Gasteiger partial charge in [0.1, 0.15) is 4.60 Å². The number of carbonyl (C=O) groups is 2. The van der Waals surface area contributed by atoms with Crippen molar-refractivity contribution in [1.29, 1.82) is 0 Å². The Morgan fingerprint density at radius 1 is 1.62 bits per heavy atom. The molecular weight excluding hydrogens is 274 g/mol. The number of rotatable bonds is 2. The summed E-state index contributed by atoms with van der Waals surface area (Å²) in [6.07, 6.45) is 1.80. The highest BCUT2D eigenvalue weighted by atomic mass is 79.9. The van der Waals surface area contributed by atoms with Crippen molar-refractivity contribution in [2.45, 2.75) is 6.42 Å². The molecule has 0 aliphatic carbocycles. The second kappa shape index (κ2) is 4.21. The summed E-state index contributed by atoms with van der Waals surface area (Å²) < 4.78 is 0.591. The number of carbonyl (C=O) groups excluding carboxylic acids is 2. The highest BCUT2D eigenvalue weighted by molar-refractivity contribution is 9.10. The lowest BCUT2D eigenvalue weighted by atomic mass is 10.1. The summed E-state index contributed by atoms with van der Waals surface area (Å²) in [5, 5.41) is 0. The fraction of sp³-hybridized carbons (Fsp3) is 0.300. The second-order valence-corrected chi connectivity index (χ2v) is 4.37. The maximum atomic E-state index is 11.7. The van der Waals surface area contributed by atoms with Crippen molar-refractivity contribution in [3.05, 3.63) is 22.9 Å². The first-order chi connectivity index (χ1) is 7.59. The van der Waals surface area contributed by atoms with Crippen LogP contribution in [-0.4, -0.2) is 23.3 Å². The zero-order valence-corrected chi connectivity index (χ0v) is 9.98. The van der Waals surface area contributed by atoms with Gasteiger partial charge in [0, 0.05) is 19.2 Å². The summed E-state index contributed by atoms with van der Waals surface area (Å²) in [5.74, 6) is -0.937. The molecule has 16 heavy (non-hydrogen) atoms. The average molecular weight is 284 g/mol. The van der Waals surface area contributed by atoms with Crippen LogP contribution in [0.15, 0.2) is 22.9 Å². The van der Waals surface area contributed by atoms with Crippen molar-refractivity contribution in [2.75, 3.05) is 11.4 Å². The van der Waals surface area contributed by atoms with Crippen LogP contribution in [0.25, 0.3) is 0 Å². The van der Waals surface area contributed by atoms with Crippen LogP contribution in [-0.2, 0) is 9.59 Å². The Morgan fingerprint density at radius 2 is 2.38 bits per heavy atom. The third kappa shape index (κ3) is 1.92. The zero-order chi connectivity index (χ0) is 11.7. The second-order valence-electron chi connectivity index (χ2n) is 3.62. The molecule has 2 rings (SSSR count). The summed E-state index contributed by atoms with van der Waals surface area (Å²) in [5.41, 5.74) is 5.87. The number of hydrogen-bond acceptors (Lipinski definition) is 3. The first-order valence-corrected chi connectivity index (χ1v) is 5.59. The number of nitrogens with zero attached hydrogens (tertiary/aromatic N) is 2. The van der Waals surface area contributed by atoms with E-state index < -0.39 is 11.8 Å². The molecule has 1 saturated heterocycles. The Morgan fingerprint density at radius 3 is 2.94 bits per heavy atom. The van der Waals surface area contributed by atoms with Gasteiger partial charge in [0.2, 0.25) is 11.8 Å². The van der Waals surface area contributed by atoms with E-state index in [-0.39, 0.29) is 12.3 Å². The van der Waals surface area contributed by atoms with Crippen molar-refractivity contribution >= 4 is 33.4 Å². The monoisotopic (exact) mass is 283 g/mol. The molecule has 0 bridgehead atoms. The molecule has 1 unspecified atom stereocenters. The maximum Gasteiger partial charge on any atom is 0.227 e. The molecule has 0 saturated carbocycles. The van der Waals surface area contributed by atoms with Gasteiger partial charge < -0.3 is 10.6 Å². The molecule has 84 valence electrons. The summed E-state index contributed by atoms with van der Waals surface area (Å²) in [4.78, 5) is 28.3. The lowest BCUT2D eigenvalue weighted by Gasteiger charge is -2.16. The first-order valence-electron chi connectivity index (χ1n) is 4.80. The van der Waals surface area contributed by atoms with Gasteiger partial charge in [0.25, 0.3) is 0 Å². The summed E-state index contributed by atoms with van der Waals surface area (Å²) >= 11 is 3.27. The number of amides is 2. The maximum absolute atomic E-state index is 11.7. The van der Waals surface area contributed by atoms with E-state index in [9.17, 15) is 9.59 Å². The summed E-state index contributed by atoms with van der Waals surface area (Å²) in [6, 6.07) is 3.52. The number of primary amides is 1. The van der Waals surface area contributed by atoms with Gasteiger partial charge in [0.05, 0.1) is 11.6 Å². The van der Waals surface area contributed by atoms with Crippen molar-refractivity contribution in [3.8, 4) is 0 Å². The Hall–Kier alpha value is -1.43. The van der Waals surface area contributed by atoms with Gasteiger partial charge in [-0.3, -0.25) is 9.59 Å². The predicted octanol–water partition coefficient (Wildman–Crippen LogP) is 0.682. The molecule has 1 aromatic rings. The summed E-state index contributed by atoms with van der Waals surface area (Å²) in [7, 11) is 0. The number of aromatic nitrogens is 1. The fourth-order valence-electron chi connectivity index (χ4n) is 1.71. The smallest absolute Gasteiger partial charge is 0.227 e. The van der Waals surface area contributed by atoms with Crippen LogP contribution in [0.5, 0.6) is 0 Å². The number of anilines is 1. The molecule has 0 spiro atoms. The van der Waals surface area contributed by atoms with Gasteiger partial charge >= 0.3 is 0 Å². The molecular formula is C10H10BrN3O2. The third-order valence-corrected chi connectivity index (χ3v) is 3.17. The van der Waals surface area contributed by atoms with Crippen molar-refractivity contribution in [3.63, 3.8) is 0 Å². The van der Waals surface area contributed by atoms with Gasteiger partial charge in [0.15, 0.2) is 0 Å². The highest BCUT2D eigenvalue weighted by Crippen LogP contribution is 2.29. The Labute approximate surface area is 101 Å². The normalized spacial score (nSPS) is 20.2. The number of halogens is 1. The Bertz CT molecular complexity index is 449. The van der Waals surface area contributed by atoms with Gasteiger partial charge in [-0.1, -0.05) is 0 Å². The molecule has 2 N–H and O–H groups in total. The third-order valence-electron chi connectivity index (χ3n) is 2.56. The standard InChI is InChI=1S/C10H10BrN3O2/c11-9-7(2-1-3-13-9)14-5-6(10(12)16)4-8(14)15/h1-3,6H,4-5H2,(H2,12,16). The lowest BCUT2D eigenvalue weighted by molar-refractivity contribution is -0.123. The van der Waals surface area contributed by atoms with Gasteiger partial charge in [-0.25, -0.2) is 4.98 Å². The minimum Gasteiger partial charge on any atom is -0.369 e. The number of hydrogen-bond donors (Lipinski definition) is 1.